The molecule has 1 aromatic rings. The van der Waals surface area contributed by atoms with Gasteiger partial charge < -0.3 is 9.47 Å². The molecule has 0 N–H and O–H groups in total. The molecule has 0 unspecified atom stereocenters. The van der Waals surface area contributed by atoms with E-state index in [2.05, 4.69) is 63.7 Å². The average molecular weight is 566 g/mol. The molecule has 0 spiro atoms. The normalized spacial score (nSPS) is 15.5. The van der Waals surface area contributed by atoms with Gasteiger partial charge in [-0.15, -0.1) is 0 Å². The number of ether oxygens (including phenoxy) is 2. The predicted octanol–water partition coefficient (Wildman–Crippen LogP) is 4.13. The third-order valence-corrected chi connectivity index (χ3v) is 9.61. The fourth-order valence-electron chi connectivity index (χ4n) is 1.79. The van der Waals surface area contributed by atoms with E-state index in [9.17, 15) is 9.59 Å². The lowest BCUT2D eigenvalue weighted by molar-refractivity contribution is -0.155. The van der Waals surface area contributed by atoms with Gasteiger partial charge in [0.05, 0.1) is 23.9 Å². The van der Waals surface area contributed by atoms with Gasteiger partial charge >= 0.3 is 11.9 Å². The molecule has 0 saturated carbocycles. The van der Waals surface area contributed by atoms with Gasteiger partial charge in [-0.05, 0) is 5.56 Å². The van der Waals surface area contributed by atoms with Crippen molar-refractivity contribution < 1.29 is 19.1 Å². The SMILES string of the molecule is COC(=O)C(Br)(C(=O)OC)[C@@H](Br)[C@H](Br)[C@H](Br)c1ccccc1. The van der Waals surface area contributed by atoms with Crippen LogP contribution in [0.3, 0.4) is 0 Å². The number of benzene rings is 1. The minimum atomic E-state index is -1.66. The third-order valence-electron chi connectivity index (χ3n) is 3.02. The van der Waals surface area contributed by atoms with Crippen LogP contribution in [0, 0.1) is 0 Å². The number of carbonyl (C=O) groups excluding carboxylic acids is 2. The molecular weight excluding hydrogens is 552 g/mol. The Morgan fingerprint density at radius 2 is 1.45 bits per heavy atom. The summed E-state index contributed by atoms with van der Waals surface area (Å²) in [5.41, 5.74) is 0.999. The molecule has 0 aromatic heterocycles. The smallest absolute Gasteiger partial charge is 0.335 e. The molecule has 3 atom stereocenters. The highest BCUT2D eigenvalue weighted by molar-refractivity contribution is 9.14. The maximum atomic E-state index is 12.1. The van der Waals surface area contributed by atoms with Gasteiger partial charge in [0.15, 0.2) is 0 Å². The molecule has 4 nitrogen and oxygen atoms in total. The van der Waals surface area contributed by atoms with Crippen LogP contribution in [0.25, 0.3) is 0 Å². The predicted molar refractivity (Wildman–Crippen MR) is 99.2 cm³/mol. The van der Waals surface area contributed by atoms with Crippen LogP contribution in [0.1, 0.15) is 10.4 Å². The highest BCUT2D eigenvalue weighted by Crippen LogP contribution is 2.43. The van der Waals surface area contributed by atoms with Crippen molar-refractivity contribution in [2.24, 2.45) is 0 Å². The van der Waals surface area contributed by atoms with Gasteiger partial charge in [-0.3, -0.25) is 0 Å². The molecule has 22 heavy (non-hydrogen) atoms. The lowest BCUT2D eigenvalue weighted by Crippen LogP contribution is -2.53. The van der Waals surface area contributed by atoms with Crippen LogP contribution in [0.15, 0.2) is 30.3 Å². The number of carbonyl (C=O) groups is 2. The van der Waals surface area contributed by atoms with E-state index < -0.39 is 21.1 Å². The van der Waals surface area contributed by atoms with Gasteiger partial charge in [0.25, 0.3) is 0 Å². The van der Waals surface area contributed by atoms with Crippen LogP contribution in [0.4, 0.5) is 0 Å². The average Bonchev–Trinajstić information content (AvgIpc) is 2.58. The van der Waals surface area contributed by atoms with Crippen LogP contribution in [-0.4, -0.2) is 40.1 Å². The number of alkyl halides is 4. The summed E-state index contributed by atoms with van der Waals surface area (Å²) in [4.78, 5) is 23.1. The second kappa shape index (κ2) is 8.80. The highest BCUT2D eigenvalue weighted by Gasteiger charge is 2.55. The van der Waals surface area contributed by atoms with Crippen molar-refractivity contribution in [1.82, 2.24) is 0 Å². The molecule has 1 rings (SSSR count). The van der Waals surface area contributed by atoms with Crippen molar-refractivity contribution in [3.8, 4) is 0 Å². The van der Waals surface area contributed by atoms with Gasteiger partial charge in [0.1, 0.15) is 0 Å². The van der Waals surface area contributed by atoms with Crippen molar-refractivity contribution in [2.45, 2.75) is 18.8 Å². The summed E-state index contributed by atoms with van der Waals surface area (Å²) in [6, 6.07) is 9.62. The molecule has 1 aromatic carbocycles. The summed E-state index contributed by atoms with van der Waals surface area (Å²) in [5.74, 6) is -1.48. The van der Waals surface area contributed by atoms with Crippen molar-refractivity contribution in [3.63, 3.8) is 0 Å². The first-order chi connectivity index (χ1) is 10.3. The van der Waals surface area contributed by atoms with Crippen molar-refractivity contribution >= 4 is 75.7 Å². The number of rotatable bonds is 6. The molecule has 122 valence electrons. The number of esters is 2. The number of halogens is 4. The van der Waals surface area contributed by atoms with Crippen molar-refractivity contribution in [2.75, 3.05) is 14.2 Å². The first kappa shape index (κ1) is 20.1. The Balaban J connectivity index is 3.11. The van der Waals surface area contributed by atoms with Crippen LogP contribution < -0.4 is 0 Å². The van der Waals surface area contributed by atoms with E-state index >= 15 is 0 Å². The Bertz CT molecular complexity index is 507. The number of methoxy groups -OCH3 is 2. The standard InChI is InChI=1S/C14H14Br4O4/c1-21-12(19)14(18,13(20)22-2)11(17)10(16)9(15)8-6-4-3-5-7-8/h3-7,9-11H,1-2H3/t9-,10-,11+/m1/s1. The molecule has 0 saturated heterocycles. The maximum absolute atomic E-state index is 12.1. The zero-order valence-electron chi connectivity index (χ0n) is 11.8. The van der Waals surface area contributed by atoms with E-state index in [1.807, 2.05) is 30.3 Å². The highest BCUT2D eigenvalue weighted by atomic mass is 79.9. The molecular formula is C14H14Br4O4. The fourth-order valence-corrected chi connectivity index (χ4v) is 5.16. The number of hydrogen-bond acceptors (Lipinski definition) is 4. The van der Waals surface area contributed by atoms with E-state index in [0.29, 0.717) is 0 Å². The molecule has 0 aliphatic rings. The molecule has 8 heteroatoms. The minimum absolute atomic E-state index is 0.149. The summed E-state index contributed by atoms with van der Waals surface area (Å²) in [6.07, 6.45) is 0. The Labute approximate surface area is 162 Å². The zero-order valence-corrected chi connectivity index (χ0v) is 18.1. The van der Waals surface area contributed by atoms with E-state index in [1.165, 1.54) is 14.2 Å². The summed E-state index contributed by atoms with van der Waals surface area (Å²) >= 11 is 13.7. The lowest BCUT2D eigenvalue weighted by Gasteiger charge is -2.32. The van der Waals surface area contributed by atoms with Gasteiger partial charge in [-0.25, -0.2) is 9.59 Å². The largest absolute Gasteiger partial charge is 0.467 e. The van der Waals surface area contributed by atoms with E-state index in [1.54, 1.807) is 0 Å². The topological polar surface area (TPSA) is 52.6 Å². The van der Waals surface area contributed by atoms with Gasteiger partial charge in [-0.2, -0.15) is 0 Å². The molecule has 0 radical (unpaired) electrons. The fraction of sp³-hybridized carbons (Fsp3) is 0.429. The first-order valence-electron chi connectivity index (χ1n) is 6.13. The van der Waals surface area contributed by atoms with E-state index in [-0.39, 0.29) is 9.65 Å². The Morgan fingerprint density at radius 1 is 1.00 bits per heavy atom. The van der Waals surface area contributed by atoms with Crippen molar-refractivity contribution in [1.29, 1.82) is 0 Å². The van der Waals surface area contributed by atoms with Crippen molar-refractivity contribution in [3.05, 3.63) is 35.9 Å². The summed E-state index contributed by atoms with van der Waals surface area (Å²) in [6.45, 7) is 0. The molecule has 0 amide bonds. The van der Waals surface area contributed by atoms with Crippen LogP contribution in [-0.2, 0) is 19.1 Å². The summed E-state index contributed by atoms with van der Waals surface area (Å²) < 4.78 is 7.82. The quantitative estimate of drug-likeness (QED) is 0.296. The van der Waals surface area contributed by atoms with Crippen LogP contribution >= 0.6 is 63.7 Å². The van der Waals surface area contributed by atoms with Crippen LogP contribution in [0.5, 0.6) is 0 Å². The Hall–Kier alpha value is 0.0800. The van der Waals surface area contributed by atoms with E-state index in [4.69, 9.17) is 9.47 Å². The maximum Gasteiger partial charge on any atom is 0.335 e. The number of hydrogen-bond donors (Lipinski definition) is 0. The summed E-state index contributed by atoms with van der Waals surface area (Å²) in [5, 5.41) is 0. The van der Waals surface area contributed by atoms with Gasteiger partial charge in [-0.1, -0.05) is 94.1 Å². The Kier molecular flexibility index (Phi) is 8.05. The Morgan fingerprint density at radius 3 is 1.86 bits per heavy atom. The zero-order chi connectivity index (χ0) is 16.9. The first-order valence-corrected chi connectivity index (χ1v) is 9.67. The lowest BCUT2D eigenvalue weighted by atomic mass is 9.99. The minimum Gasteiger partial charge on any atom is -0.467 e. The molecule has 0 fully saturated rings. The van der Waals surface area contributed by atoms with Gasteiger partial charge in [0, 0.05) is 4.83 Å². The third kappa shape index (κ3) is 4.13. The monoisotopic (exact) mass is 562 g/mol. The molecule has 0 bridgehead atoms. The molecule has 0 aliphatic heterocycles. The second-order valence-electron chi connectivity index (χ2n) is 4.35. The van der Waals surface area contributed by atoms with E-state index in [0.717, 1.165) is 5.56 Å². The van der Waals surface area contributed by atoms with Gasteiger partial charge in [0.2, 0.25) is 4.32 Å². The molecule has 0 heterocycles. The summed E-state index contributed by atoms with van der Waals surface area (Å²) in [7, 11) is 2.43. The van der Waals surface area contributed by atoms with Crippen LogP contribution in [0.2, 0.25) is 0 Å². The second-order valence-corrected chi connectivity index (χ2v) is 8.63. The molecule has 0 aliphatic carbocycles.